The van der Waals surface area contributed by atoms with Gasteiger partial charge in [0.15, 0.2) is 0 Å². The highest BCUT2D eigenvalue weighted by Crippen LogP contribution is 2.19. The Hall–Kier alpha value is -0.650. The summed E-state index contributed by atoms with van der Waals surface area (Å²) in [7, 11) is 1.64. The SMILES string of the molecule is COCCOCCNC(=O)C1CC(C)CC(C)N1. The number of hydrogen-bond acceptors (Lipinski definition) is 4. The smallest absolute Gasteiger partial charge is 0.237 e. The molecule has 0 radical (unpaired) electrons. The molecule has 0 spiro atoms. The van der Waals surface area contributed by atoms with Crippen LogP contribution in [0.3, 0.4) is 0 Å². The first-order valence-electron chi connectivity index (χ1n) is 6.74. The Labute approximate surface area is 110 Å². The second kappa shape index (κ2) is 8.45. The monoisotopic (exact) mass is 258 g/mol. The zero-order valence-corrected chi connectivity index (χ0v) is 11.7. The van der Waals surface area contributed by atoms with Gasteiger partial charge in [0.1, 0.15) is 0 Å². The van der Waals surface area contributed by atoms with Crippen molar-refractivity contribution in [1.29, 1.82) is 0 Å². The van der Waals surface area contributed by atoms with E-state index in [4.69, 9.17) is 9.47 Å². The molecule has 0 aromatic rings. The average Bonchev–Trinajstić information content (AvgIpc) is 2.32. The van der Waals surface area contributed by atoms with Crippen molar-refractivity contribution >= 4 is 5.91 Å². The standard InChI is InChI=1S/C13H26N2O3/c1-10-8-11(2)15-12(9-10)13(16)14-4-5-18-7-6-17-3/h10-12,15H,4-9H2,1-3H3,(H,14,16). The van der Waals surface area contributed by atoms with Gasteiger partial charge in [-0.15, -0.1) is 0 Å². The lowest BCUT2D eigenvalue weighted by Crippen LogP contribution is -2.52. The van der Waals surface area contributed by atoms with E-state index in [9.17, 15) is 4.79 Å². The Balaban J connectivity index is 2.12. The van der Waals surface area contributed by atoms with E-state index in [2.05, 4.69) is 24.5 Å². The Bertz CT molecular complexity index is 238. The Morgan fingerprint density at radius 1 is 1.28 bits per heavy atom. The van der Waals surface area contributed by atoms with Crippen LogP contribution in [0.2, 0.25) is 0 Å². The summed E-state index contributed by atoms with van der Waals surface area (Å²) in [6.45, 7) is 6.58. The maximum Gasteiger partial charge on any atom is 0.237 e. The number of rotatable bonds is 7. The molecule has 5 heteroatoms. The first-order chi connectivity index (χ1) is 8.63. The highest BCUT2D eigenvalue weighted by Gasteiger charge is 2.27. The molecule has 0 saturated carbocycles. The van der Waals surface area contributed by atoms with Crippen LogP contribution in [0.4, 0.5) is 0 Å². The molecule has 3 unspecified atom stereocenters. The van der Waals surface area contributed by atoms with Gasteiger partial charge in [-0.2, -0.15) is 0 Å². The van der Waals surface area contributed by atoms with Crippen LogP contribution in [0.5, 0.6) is 0 Å². The summed E-state index contributed by atoms with van der Waals surface area (Å²) in [5, 5.41) is 6.24. The van der Waals surface area contributed by atoms with E-state index in [0.29, 0.717) is 38.3 Å². The zero-order valence-electron chi connectivity index (χ0n) is 11.7. The lowest BCUT2D eigenvalue weighted by molar-refractivity contribution is -0.124. The third kappa shape index (κ3) is 5.80. The van der Waals surface area contributed by atoms with Crippen molar-refractivity contribution in [2.24, 2.45) is 5.92 Å². The van der Waals surface area contributed by atoms with Gasteiger partial charge < -0.3 is 20.1 Å². The average molecular weight is 258 g/mol. The molecule has 1 fully saturated rings. The third-order valence-electron chi connectivity index (χ3n) is 3.17. The van der Waals surface area contributed by atoms with Crippen LogP contribution in [-0.4, -0.2) is 51.5 Å². The van der Waals surface area contributed by atoms with Crippen LogP contribution < -0.4 is 10.6 Å². The van der Waals surface area contributed by atoms with Crippen LogP contribution in [0.25, 0.3) is 0 Å². The highest BCUT2D eigenvalue weighted by molar-refractivity contribution is 5.81. The van der Waals surface area contributed by atoms with E-state index < -0.39 is 0 Å². The second-order valence-electron chi connectivity index (χ2n) is 5.09. The number of carbonyl (C=O) groups is 1. The quantitative estimate of drug-likeness (QED) is 0.655. The van der Waals surface area contributed by atoms with Gasteiger partial charge in [-0.05, 0) is 25.7 Å². The van der Waals surface area contributed by atoms with Crippen molar-refractivity contribution in [3.8, 4) is 0 Å². The minimum Gasteiger partial charge on any atom is -0.382 e. The fraction of sp³-hybridized carbons (Fsp3) is 0.923. The van der Waals surface area contributed by atoms with Gasteiger partial charge >= 0.3 is 0 Å². The minimum absolute atomic E-state index is 0.0530. The number of nitrogens with one attached hydrogen (secondary N) is 2. The minimum atomic E-state index is -0.0530. The first-order valence-corrected chi connectivity index (χ1v) is 6.74. The van der Waals surface area contributed by atoms with Crippen molar-refractivity contribution < 1.29 is 14.3 Å². The molecular formula is C13H26N2O3. The normalized spacial score (nSPS) is 28.1. The van der Waals surface area contributed by atoms with Gasteiger partial charge in [-0.1, -0.05) is 6.92 Å². The molecule has 0 aromatic carbocycles. The van der Waals surface area contributed by atoms with Crippen LogP contribution in [0.1, 0.15) is 26.7 Å². The summed E-state index contributed by atoms with van der Waals surface area (Å²) in [6, 6.07) is 0.366. The van der Waals surface area contributed by atoms with E-state index >= 15 is 0 Å². The van der Waals surface area contributed by atoms with Crippen molar-refractivity contribution in [2.75, 3.05) is 33.5 Å². The van der Waals surface area contributed by atoms with Crippen molar-refractivity contribution in [2.45, 2.75) is 38.8 Å². The van der Waals surface area contributed by atoms with Crippen LogP contribution >= 0.6 is 0 Å². The van der Waals surface area contributed by atoms with Gasteiger partial charge in [-0.25, -0.2) is 0 Å². The molecule has 5 nitrogen and oxygen atoms in total. The summed E-state index contributed by atoms with van der Waals surface area (Å²) >= 11 is 0. The van der Waals surface area contributed by atoms with Crippen molar-refractivity contribution in [3.05, 3.63) is 0 Å². The zero-order chi connectivity index (χ0) is 13.4. The van der Waals surface area contributed by atoms with Crippen molar-refractivity contribution in [1.82, 2.24) is 10.6 Å². The molecule has 3 atom stereocenters. The number of methoxy groups -OCH3 is 1. The molecule has 0 aromatic heterocycles. The number of amides is 1. The summed E-state index contributed by atoms with van der Waals surface area (Å²) in [4.78, 5) is 11.9. The molecule has 2 N–H and O–H groups in total. The van der Waals surface area contributed by atoms with Gasteiger partial charge in [-0.3, -0.25) is 4.79 Å². The fourth-order valence-electron chi connectivity index (χ4n) is 2.38. The fourth-order valence-corrected chi connectivity index (χ4v) is 2.38. The molecule has 1 saturated heterocycles. The lowest BCUT2D eigenvalue weighted by Gasteiger charge is -2.32. The van der Waals surface area contributed by atoms with E-state index in [1.54, 1.807) is 7.11 Å². The summed E-state index contributed by atoms with van der Waals surface area (Å²) in [5.74, 6) is 0.693. The Morgan fingerprint density at radius 3 is 2.72 bits per heavy atom. The number of carbonyl (C=O) groups excluding carboxylic acids is 1. The molecule has 1 rings (SSSR count). The lowest BCUT2D eigenvalue weighted by atomic mass is 9.89. The van der Waals surface area contributed by atoms with E-state index in [1.165, 1.54) is 0 Å². The molecule has 1 amide bonds. The predicted octanol–water partition coefficient (Wildman–Crippen LogP) is 0.542. The van der Waals surface area contributed by atoms with Crippen molar-refractivity contribution in [3.63, 3.8) is 0 Å². The van der Waals surface area contributed by atoms with E-state index in [-0.39, 0.29) is 11.9 Å². The molecule has 18 heavy (non-hydrogen) atoms. The first kappa shape index (κ1) is 15.4. The molecule has 1 aliphatic heterocycles. The summed E-state index contributed by atoms with van der Waals surface area (Å²) < 4.78 is 10.2. The van der Waals surface area contributed by atoms with Crippen LogP contribution in [0.15, 0.2) is 0 Å². The summed E-state index contributed by atoms with van der Waals surface area (Å²) in [6.07, 6.45) is 2.06. The van der Waals surface area contributed by atoms with Gasteiger partial charge in [0.25, 0.3) is 0 Å². The number of piperidine rings is 1. The maximum atomic E-state index is 11.9. The molecule has 0 bridgehead atoms. The molecule has 1 heterocycles. The molecular weight excluding hydrogens is 232 g/mol. The predicted molar refractivity (Wildman–Crippen MR) is 70.5 cm³/mol. The Kier molecular flexibility index (Phi) is 7.23. The largest absolute Gasteiger partial charge is 0.382 e. The Morgan fingerprint density at radius 2 is 2.06 bits per heavy atom. The summed E-state index contributed by atoms with van der Waals surface area (Å²) in [5.41, 5.74) is 0. The second-order valence-corrected chi connectivity index (χ2v) is 5.09. The molecule has 0 aliphatic carbocycles. The van der Waals surface area contributed by atoms with E-state index in [0.717, 1.165) is 12.8 Å². The third-order valence-corrected chi connectivity index (χ3v) is 3.17. The highest BCUT2D eigenvalue weighted by atomic mass is 16.5. The molecule has 106 valence electrons. The number of hydrogen-bond donors (Lipinski definition) is 2. The van der Waals surface area contributed by atoms with Gasteiger partial charge in [0.2, 0.25) is 5.91 Å². The van der Waals surface area contributed by atoms with Crippen LogP contribution in [0, 0.1) is 5.92 Å². The van der Waals surface area contributed by atoms with E-state index in [1.807, 2.05) is 0 Å². The topological polar surface area (TPSA) is 59.6 Å². The number of ether oxygens (including phenoxy) is 2. The maximum absolute atomic E-state index is 11.9. The van der Waals surface area contributed by atoms with Gasteiger partial charge in [0, 0.05) is 19.7 Å². The van der Waals surface area contributed by atoms with Gasteiger partial charge in [0.05, 0.1) is 25.9 Å². The van der Waals surface area contributed by atoms with Crippen LogP contribution in [-0.2, 0) is 14.3 Å². The molecule has 1 aliphatic rings.